The van der Waals surface area contributed by atoms with Crippen molar-refractivity contribution in [2.45, 2.75) is 0 Å². The third kappa shape index (κ3) is 0.588. The quantitative estimate of drug-likeness (QED) is 0.399. The maximum atomic E-state index is 3.72. The van der Waals surface area contributed by atoms with Crippen LogP contribution in [0.4, 0.5) is 0 Å². The van der Waals surface area contributed by atoms with Gasteiger partial charge in [0.2, 0.25) is 0 Å². The van der Waals surface area contributed by atoms with E-state index in [9.17, 15) is 0 Å². The largest absolute Gasteiger partial charge is 0.105 e. The summed E-state index contributed by atoms with van der Waals surface area (Å²) >= 11 is 0. The number of rotatable bonds is 0. The molecule has 1 aliphatic rings. The van der Waals surface area contributed by atoms with Gasteiger partial charge in [0.15, 0.2) is 0 Å². The zero-order valence-electron chi connectivity index (χ0n) is 4.15. The van der Waals surface area contributed by atoms with E-state index in [1.54, 1.807) is 0 Å². The minimum Gasteiger partial charge on any atom is -0.0381 e. The van der Waals surface area contributed by atoms with Gasteiger partial charge >= 0.3 is 0 Å². The summed E-state index contributed by atoms with van der Waals surface area (Å²) in [5, 5.41) is 0. The molecule has 0 radical (unpaired) electrons. The highest BCUT2D eigenvalue weighted by molar-refractivity contribution is 5.49. The fourth-order valence-electron chi connectivity index (χ4n) is 0.494. The average molecular weight is 91.1 g/mol. The Kier molecular flexibility index (Phi) is 0.791. The van der Waals surface area contributed by atoms with Gasteiger partial charge in [-0.3, -0.25) is 0 Å². The molecule has 7 heavy (non-hydrogen) atoms. The van der Waals surface area contributed by atoms with Crippen molar-refractivity contribution in [3.05, 3.63) is 42.9 Å². The highest BCUT2D eigenvalue weighted by atomic mass is 14.0. The molecular formula is C7H7+. The molecule has 0 bridgehead atoms. The van der Waals surface area contributed by atoms with Crippen molar-refractivity contribution in [1.29, 1.82) is 0 Å². The molecule has 0 unspecified atom stereocenters. The van der Waals surface area contributed by atoms with Gasteiger partial charge < -0.3 is 0 Å². The molecule has 0 spiro atoms. The monoisotopic (exact) mass is 91.1 g/mol. The maximum absolute atomic E-state index is 3.72. The predicted molar refractivity (Wildman–Crippen MR) is 31.7 cm³/mol. The standard InChI is InChI=1S/C7H7/c1-6-4-3-5-7(6)2/h3-5H,1-2H2/q+1. The smallest absolute Gasteiger partial charge is 0.0381 e. The second kappa shape index (κ2) is 1.30. The van der Waals surface area contributed by atoms with E-state index < -0.39 is 0 Å². The Morgan fingerprint density at radius 2 is 2.14 bits per heavy atom. The van der Waals surface area contributed by atoms with Crippen LogP contribution in [0.5, 0.6) is 0 Å². The summed E-state index contributed by atoms with van der Waals surface area (Å²) in [4.78, 5) is 0. The van der Waals surface area contributed by atoms with E-state index in [1.807, 2.05) is 18.6 Å². The summed E-state index contributed by atoms with van der Waals surface area (Å²) in [6.45, 7) is 7.44. The fourth-order valence-corrected chi connectivity index (χ4v) is 0.494. The van der Waals surface area contributed by atoms with Crippen molar-refractivity contribution >= 4 is 0 Å². The summed E-state index contributed by atoms with van der Waals surface area (Å²) in [5.74, 6) is 0. The molecule has 0 aliphatic heterocycles. The summed E-state index contributed by atoms with van der Waals surface area (Å²) in [5.41, 5.74) is 2.06. The molecular weight excluding hydrogens is 84.1 g/mol. The molecule has 0 aromatic carbocycles. The van der Waals surface area contributed by atoms with Gasteiger partial charge in [0.05, 0.1) is 11.6 Å². The van der Waals surface area contributed by atoms with E-state index in [0.29, 0.717) is 0 Å². The van der Waals surface area contributed by atoms with Crippen molar-refractivity contribution in [2.75, 3.05) is 0 Å². The lowest BCUT2D eigenvalue weighted by atomic mass is 10.2. The average Bonchev–Trinajstić information content (AvgIpc) is 1.91. The van der Waals surface area contributed by atoms with Crippen LogP contribution >= 0.6 is 0 Å². The van der Waals surface area contributed by atoms with Crippen LogP contribution in [0.1, 0.15) is 0 Å². The minimum absolute atomic E-state index is 1.03. The molecule has 0 saturated heterocycles. The van der Waals surface area contributed by atoms with Crippen LogP contribution in [-0.2, 0) is 0 Å². The van der Waals surface area contributed by atoms with Gasteiger partial charge in [-0.05, 0) is 13.2 Å². The number of hydrogen-bond acceptors (Lipinski definition) is 0. The van der Waals surface area contributed by atoms with E-state index in [-0.39, 0.29) is 0 Å². The Balaban J connectivity index is 2.81. The summed E-state index contributed by atoms with van der Waals surface area (Å²) in [6.07, 6.45) is 5.84. The molecule has 0 aromatic rings. The summed E-state index contributed by atoms with van der Waals surface area (Å²) in [6, 6.07) is 0. The lowest BCUT2D eigenvalue weighted by Crippen LogP contribution is -1.69. The first-order chi connectivity index (χ1) is 3.30. The molecule has 0 fully saturated rings. The number of allylic oxidation sites excluding steroid dienone is 4. The molecule has 1 aliphatic carbocycles. The highest BCUT2D eigenvalue weighted by Gasteiger charge is 2.09. The molecule has 0 saturated carbocycles. The molecule has 1 rings (SSSR count). The molecule has 0 nitrogen and oxygen atoms in total. The Hall–Kier alpha value is -0.910. The molecule has 0 heteroatoms. The van der Waals surface area contributed by atoms with Gasteiger partial charge in [-0.15, -0.1) is 0 Å². The molecule has 0 aromatic heterocycles. The van der Waals surface area contributed by atoms with Gasteiger partial charge in [-0.2, -0.15) is 0 Å². The van der Waals surface area contributed by atoms with Gasteiger partial charge in [-0.25, -0.2) is 0 Å². The van der Waals surface area contributed by atoms with Crippen LogP contribution in [0.3, 0.4) is 0 Å². The Bertz CT molecular complexity index is 138. The third-order valence-electron chi connectivity index (χ3n) is 1.01. The topological polar surface area (TPSA) is 0 Å². The Labute approximate surface area is 43.9 Å². The second-order valence-corrected chi connectivity index (χ2v) is 1.58. The zero-order valence-corrected chi connectivity index (χ0v) is 4.15. The van der Waals surface area contributed by atoms with Crippen LogP contribution in [0.25, 0.3) is 0 Å². The summed E-state index contributed by atoms with van der Waals surface area (Å²) in [7, 11) is 0. The van der Waals surface area contributed by atoms with E-state index >= 15 is 0 Å². The normalized spacial score (nSPS) is 17.7. The van der Waals surface area contributed by atoms with Crippen molar-refractivity contribution in [3.63, 3.8) is 0 Å². The maximum Gasteiger partial charge on any atom is 0.105 e. The lowest BCUT2D eigenvalue weighted by Gasteiger charge is -1.76. The molecule has 0 atom stereocenters. The molecule has 0 heterocycles. The van der Waals surface area contributed by atoms with Crippen molar-refractivity contribution in [2.24, 2.45) is 0 Å². The summed E-state index contributed by atoms with van der Waals surface area (Å²) < 4.78 is 0. The second-order valence-electron chi connectivity index (χ2n) is 1.58. The van der Waals surface area contributed by atoms with Gasteiger partial charge in [0.25, 0.3) is 0 Å². The van der Waals surface area contributed by atoms with Crippen molar-refractivity contribution in [1.82, 2.24) is 0 Å². The van der Waals surface area contributed by atoms with E-state index in [0.717, 1.165) is 11.1 Å². The SMILES string of the molecule is C=C1C=C[CH+]C1=C. The first-order valence-electron chi connectivity index (χ1n) is 2.20. The van der Waals surface area contributed by atoms with Crippen LogP contribution in [0.15, 0.2) is 36.5 Å². The Morgan fingerprint density at radius 3 is 2.29 bits per heavy atom. The van der Waals surface area contributed by atoms with Gasteiger partial charge in [-0.1, -0.05) is 0 Å². The van der Waals surface area contributed by atoms with E-state index in [1.165, 1.54) is 0 Å². The van der Waals surface area contributed by atoms with Crippen LogP contribution in [0.2, 0.25) is 0 Å². The predicted octanol–water partition coefficient (Wildman–Crippen LogP) is 1.87. The van der Waals surface area contributed by atoms with Crippen LogP contribution < -0.4 is 0 Å². The zero-order chi connectivity index (χ0) is 5.28. The van der Waals surface area contributed by atoms with Gasteiger partial charge in [0.1, 0.15) is 5.57 Å². The molecule has 34 valence electrons. The van der Waals surface area contributed by atoms with Crippen molar-refractivity contribution < 1.29 is 0 Å². The first kappa shape index (κ1) is 4.25. The van der Waals surface area contributed by atoms with Crippen LogP contribution in [0, 0.1) is 6.42 Å². The first-order valence-corrected chi connectivity index (χ1v) is 2.20. The van der Waals surface area contributed by atoms with Crippen molar-refractivity contribution in [3.8, 4) is 0 Å². The molecule has 0 amide bonds. The molecule has 0 N–H and O–H groups in total. The highest BCUT2D eigenvalue weighted by Crippen LogP contribution is 2.17. The lowest BCUT2D eigenvalue weighted by molar-refractivity contribution is 1.63. The fraction of sp³-hybridized carbons (Fsp3) is 0. The van der Waals surface area contributed by atoms with Crippen LogP contribution in [-0.4, -0.2) is 0 Å². The van der Waals surface area contributed by atoms with E-state index in [2.05, 4.69) is 13.2 Å². The minimum atomic E-state index is 1.03. The van der Waals surface area contributed by atoms with Gasteiger partial charge in [0, 0.05) is 12.5 Å². The Morgan fingerprint density at radius 1 is 1.43 bits per heavy atom. The third-order valence-corrected chi connectivity index (χ3v) is 1.01. The number of hydrogen-bond donors (Lipinski definition) is 0. The van der Waals surface area contributed by atoms with E-state index in [4.69, 9.17) is 0 Å².